The van der Waals surface area contributed by atoms with E-state index in [1.54, 1.807) is 16.7 Å². The van der Waals surface area contributed by atoms with Crippen LogP contribution in [0.1, 0.15) is 50.6 Å². The lowest BCUT2D eigenvalue weighted by molar-refractivity contribution is -0.138. The van der Waals surface area contributed by atoms with E-state index in [0.717, 1.165) is 49.6 Å². The van der Waals surface area contributed by atoms with Gasteiger partial charge in [0, 0.05) is 56.4 Å². The van der Waals surface area contributed by atoms with Gasteiger partial charge in [-0.25, -0.2) is 0 Å². The van der Waals surface area contributed by atoms with Gasteiger partial charge in [-0.15, -0.1) is 0 Å². The van der Waals surface area contributed by atoms with Crippen LogP contribution in [0.25, 0.3) is 0 Å². The molecule has 0 radical (unpaired) electrons. The first-order valence-corrected chi connectivity index (χ1v) is 11.2. The van der Waals surface area contributed by atoms with Crippen LogP contribution in [0.2, 0.25) is 0 Å². The third-order valence-electron chi connectivity index (χ3n) is 8.13. The SMILES string of the molecule is Cc1cccc(=O)n1CCC(=O)N1CCN(C23CC4CC(CC(C4)C2)C3)CC1. The average Bonchev–Trinajstić information content (AvgIpc) is 2.66. The second kappa shape index (κ2) is 7.01. The summed E-state index contributed by atoms with van der Waals surface area (Å²) in [5.41, 5.74) is 1.37. The molecule has 1 aliphatic heterocycles. The molecule has 1 aromatic rings. The summed E-state index contributed by atoms with van der Waals surface area (Å²) in [5, 5.41) is 0. The summed E-state index contributed by atoms with van der Waals surface area (Å²) in [5.74, 6) is 3.11. The van der Waals surface area contributed by atoms with Crippen LogP contribution in [0, 0.1) is 24.7 Å². The van der Waals surface area contributed by atoms with Crippen molar-refractivity contribution < 1.29 is 4.79 Å². The Kier molecular flexibility index (Phi) is 4.61. The highest BCUT2D eigenvalue weighted by atomic mass is 16.2. The summed E-state index contributed by atoms with van der Waals surface area (Å²) in [4.78, 5) is 29.5. The number of hydrogen-bond donors (Lipinski definition) is 0. The molecule has 5 heteroatoms. The second-order valence-electron chi connectivity index (χ2n) is 9.92. The van der Waals surface area contributed by atoms with Crippen LogP contribution < -0.4 is 5.56 Å². The van der Waals surface area contributed by atoms with Gasteiger partial charge >= 0.3 is 0 Å². The number of pyridine rings is 1. The van der Waals surface area contributed by atoms with E-state index in [-0.39, 0.29) is 11.5 Å². The molecule has 0 atom stereocenters. The standard InChI is InChI=1S/C23H33N3O2/c1-17-3-2-4-22(28)26(17)6-5-21(27)24-7-9-25(10-8-24)23-14-18-11-19(15-23)13-20(12-18)16-23/h2-4,18-20H,5-16H2,1H3. The number of piperazine rings is 1. The molecule has 5 fully saturated rings. The maximum absolute atomic E-state index is 12.7. The van der Waals surface area contributed by atoms with Crippen LogP contribution in [0.15, 0.2) is 23.0 Å². The predicted molar refractivity (Wildman–Crippen MR) is 109 cm³/mol. The molecule has 0 N–H and O–H groups in total. The zero-order chi connectivity index (χ0) is 19.3. The topological polar surface area (TPSA) is 45.6 Å². The van der Waals surface area contributed by atoms with Crippen LogP contribution in [-0.4, -0.2) is 52.0 Å². The van der Waals surface area contributed by atoms with Crippen molar-refractivity contribution in [3.05, 3.63) is 34.2 Å². The van der Waals surface area contributed by atoms with Crippen molar-refractivity contribution >= 4 is 5.91 Å². The van der Waals surface area contributed by atoms with Crippen molar-refractivity contribution in [1.82, 2.24) is 14.4 Å². The zero-order valence-electron chi connectivity index (χ0n) is 17.1. The number of rotatable bonds is 4. The molecule has 2 heterocycles. The van der Waals surface area contributed by atoms with Crippen LogP contribution in [0.5, 0.6) is 0 Å². The van der Waals surface area contributed by atoms with Crippen molar-refractivity contribution in [3.63, 3.8) is 0 Å². The maximum Gasteiger partial charge on any atom is 0.250 e. The van der Waals surface area contributed by atoms with Gasteiger partial charge in [-0.2, -0.15) is 0 Å². The van der Waals surface area contributed by atoms with E-state index in [1.165, 1.54) is 38.5 Å². The molecule has 1 aromatic heterocycles. The fourth-order valence-electron chi connectivity index (χ4n) is 7.16. The summed E-state index contributed by atoms with van der Waals surface area (Å²) < 4.78 is 1.71. The number of hydrogen-bond acceptors (Lipinski definition) is 3. The molecule has 4 saturated carbocycles. The molecule has 152 valence electrons. The van der Waals surface area contributed by atoms with Gasteiger partial charge in [0.15, 0.2) is 0 Å². The van der Waals surface area contributed by atoms with E-state index in [1.807, 2.05) is 17.9 Å². The Hall–Kier alpha value is -1.62. The van der Waals surface area contributed by atoms with Crippen molar-refractivity contribution in [3.8, 4) is 0 Å². The number of carbonyl (C=O) groups is 1. The average molecular weight is 384 g/mol. The van der Waals surface area contributed by atoms with Crippen LogP contribution in [-0.2, 0) is 11.3 Å². The molecule has 0 unspecified atom stereocenters. The summed E-state index contributed by atoms with van der Waals surface area (Å²) in [6.07, 6.45) is 9.08. The molecule has 1 saturated heterocycles. The minimum atomic E-state index is -0.0144. The second-order valence-corrected chi connectivity index (χ2v) is 9.92. The fraction of sp³-hybridized carbons (Fsp3) is 0.739. The quantitative estimate of drug-likeness (QED) is 0.803. The molecule has 28 heavy (non-hydrogen) atoms. The van der Waals surface area contributed by atoms with Gasteiger partial charge in [-0.1, -0.05) is 6.07 Å². The Morgan fingerprint density at radius 2 is 1.61 bits per heavy atom. The Morgan fingerprint density at radius 1 is 1.00 bits per heavy atom. The third kappa shape index (κ3) is 3.22. The normalized spacial score (nSPS) is 34.8. The molecular weight excluding hydrogens is 350 g/mol. The number of amides is 1. The summed E-state index contributed by atoms with van der Waals surface area (Å²) >= 11 is 0. The number of aromatic nitrogens is 1. The predicted octanol–water partition coefficient (Wildman–Crippen LogP) is 2.66. The highest BCUT2D eigenvalue weighted by Crippen LogP contribution is 2.57. The van der Waals surface area contributed by atoms with Crippen molar-refractivity contribution in [1.29, 1.82) is 0 Å². The minimum absolute atomic E-state index is 0.0144. The summed E-state index contributed by atoms with van der Waals surface area (Å²) in [7, 11) is 0. The molecule has 1 amide bonds. The van der Waals surface area contributed by atoms with Gasteiger partial charge in [0.2, 0.25) is 5.91 Å². The van der Waals surface area contributed by atoms with Crippen molar-refractivity contribution in [2.75, 3.05) is 26.2 Å². The van der Waals surface area contributed by atoms with Gasteiger partial charge in [0.25, 0.3) is 5.56 Å². The summed E-state index contributed by atoms with van der Waals surface area (Å²) in [6, 6.07) is 5.28. The first-order chi connectivity index (χ1) is 13.5. The van der Waals surface area contributed by atoms with Crippen LogP contribution >= 0.6 is 0 Å². The lowest BCUT2D eigenvalue weighted by Crippen LogP contribution is -2.64. The van der Waals surface area contributed by atoms with E-state index in [4.69, 9.17) is 0 Å². The largest absolute Gasteiger partial charge is 0.340 e. The lowest BCUT2D eigenvalue weighted by atomic mass is 9.52. The fourth-order valence-corrected chi connectivity index (χ4v) is 7.16. The van der Waals surface area contributed by atoms with Gasteiger partial charge in [0.05, 0.1) is 0 Å². The Labute approximate surface area is 167 Å². The molecule has 5 aliphatic rings. The zero-order valence-corrected chi connectivity index (χ0v) is 17.1. The molecular formula is C23H33N3O2. The van der Waals surface area contributed by atoms with E-state index in [9.17, 15) is 9.59 Å². The van der Waals surface area contributed by atoms with E-state index < -0.39 is 0 Å². The van der Waals surface area contributed by atoms with Crippen molar-refractivity contribution in [2.45, 2.75) is 64.0 Å². The third-order valence-corrected chi connectivity index (χ3v) is 8.13. The van der Waals surface area contributed by atoms with Crippen LogP contribution in [0.4, 0.5) is 0 Å². The van der Waals surface area contributed by atoms with Gasteiger partial charge in [-0.05, 0) is 69.3 Å². The molecule has 4 aliphatic carbocycles. The Balaban J connectivity index is 1.17. The van der Waals surface area contributed by atoms with Gasteiger partial charge in [0.1, 0.15) is 0 Å². The first kappa shape index (κ1) is 18.4. The molecule has 0 spiro atoms. The number of nitrogens with zero attached hydrogens (tertiary/aromatic N) is 3. The Bertz CT molecular complexity index is 771. The van der Waals surface area contributed by atoms with Crippen molar-refractivity contribution in [2.24, 2.45) is 17.8 Å². The molecule has 5 nitrogen and oxygen atoms in total. The van der Waals surface area contributed by atoms with Gasteiger partial charge in [-0.3, -0.25) is 14.5 Å². The summed E-state index contributed by atoms with van der Waals surface area (Å²) in [6.45, 7) is 6.17. The van der Waals surface area contributed by atoms with Gasteiger partial charge < -0.3 is 9.47 Å². The molecule has 6 rings (SSSR count). The maximum atomic E-state index is 12.7. The smallest absolute Gasteiger partial charge is 0.250 e. The number of carbonyl (C=O) groups excluding carboxylic acids is 1. The van der Waals surface area contributed by atoms with E-state index >= 15 is 0 Å². The first-order valence-electron chi connectivity index (χ1n) is 11.2. The van der Waals surface area contributed by atoms with E-state index in [0.29, 0.717) is 18.5 Å². The minimum Gasteiger partial charge on any atom is -0.340 e. The lowest BCUT2D eigenvalue weighted by Gasteiger charge is -2.61. The molecule has 4 bridgehead atoms. The Morgan fingerprint density at radius 3 is 2.18 bits per heavy atom. The van der Waals surface area contributed by atoms with Crippen LogP contribution in [0.3, 0.4) is 0 Å². The number of aryl methyl sites for hydroxylation is 1. The highest BCUT2D eigenvalue weighted by Gasteiger charge is 2.53. The molecule has 0 aromatic carbocycles. The van der Waals surface area contributed by atoms with E-state index in [2.05, 4.69) is 4.90 Å². The highest BCUT2D eigenvalue weighted by molar-refractivity contribution is 5.76. The monoisotopic (exact) mass is 383 g/mol.